The number of rotatable bonds is 6. The van der Waals surface area contributed by atoms with Crippen LogP contribution in [0.5, 0.6) is 0 Å². The largest absolute Gasteiger partial charge is 0.350 e. The van der Waals surface area contributed by atoms with Gasteiger partial charge in [0.05, 0.1) is 10.9 Å². The number of para-hydroxylation sites is 1. The number of hydrogen-bond acceptors (Lipinski definition) is 3. The van der Waals surface area contributed by atoms with Crippen LogP contribution in [0.3, 0.4) is 0 Å². The fraction of sp³-hybridized carbons (Fsp3) is 0.526. The number of fused-ring (bicyclic) bond motifs is 1. The summed E-state index contributed by atoms with van der Waals surface area (Å²) in [5.74, 6) is -0.345. The number of nitrogens with one attached hydrogen (secondary N) is 1. The first-order valence-electron chi connectivity index (χ1n) is 8.78. The summed E-state index contributed by atoms with van der Waals surface area (Å²) in [5, 5.41) is 3.26. The van der Waals surface area contributed by atoms with Crippen molar-refractivity contribution in [3.63, 3.8) is 0 Å². The quantitative estimate of drug-likeness (QED) is 0.816. The molecule has 0 atom stereocenters. The highest BCUT2D eigenvalue weighted by atomic mass is 16.2. The molecule has 1 aromatic carbocycles. The van der Waals surface area contributed by atoms with Crippen molar-refractivity contribution < 1.29 is 4.79 Å². The number of hydrogen-bond donors (Lipinski definition) is 1. The third-order valence-electron chi connectivity index (χ3n) is 3.93. The van der Waals surface area contributed by atoms with Crippen molar-refractivity contribution in [3.8, 4) is 0 Å². The van der Waals surface area contributed by atoms with Gasteiger partial charge in [-0.3, -0.25) is 18.7 Å². The molecular formula is C19H27N3O3. The number of carbonyl (C=O) groups excluding carboxylic acids is 1. The average Bonchev–Trinajstić information content (AvgIpc) is 2.53. The first kappa shape index (κ1) is 19.0. The van der Waals surface area contributed by atoms with E-state index in [-0.39, 0.29) is 12.5 Å². The van der Waals surface area contributed by atoms with Crippen LogP contribution in [0.4, 0.5) is 0 Å². The molecule has 0 saturated heterocycles. The van der Waals surface area contributed by atoms with Crippen LogP contribution in [0, 0.1) is 0 Å². The van der Waals surface area contributed by atoms with Crippen molar-refractivity contribution in [1.29, 1.82) is 0 Å². The standard InChI is InChI=1S/C19H27N3O3/c1-5-6-9-12-21-15-11-8-7-10-14(15)17(24)22(18(21)25)13-16(23)20-19(2,3)4/h7-8,10-11H,5-6,9,12-13H2,1-4H3,(H,20,23). The third kappa shape index (κ3) is 4.59. The molecule has 0 fully saturated rings. The molecule has 0 saturated carbocycles. The van der Waals surface area contributed by atoms with E-state index in [1.807, 2.05) is 26.8 Å². The Balaban J connectivity index is 2.51. The highest BCUT2D eigenvalue weighted by molar-refractivity contribution is 5.79. The summed E-state index contributed by atoms with van der Waals surface area (Å²) in [4.78, 5) is 37.8. The highest BCUT2D eigenvalue weighted by Gasteiger charge is 2.18. The number of amides is 1. The number of carbonyl (C=O) groups is 1. The van der Waals surface area contributed by atoms with Gasteiger partial charge in [-0.2, -0.15) is 0 Å². The Hall–Kier alpha value is -2.37. The van der Waals surface area contributed by atoms with E-state index in [4.69, 9.17) is 0 Å². The molecule has 0 bridgehead atoms. The molecule has 0 aliphatic rings. The van der Waals surface area contributed by atoms with E-state index in [1.165, 1.54) is 0 Å². The average molecular weight is 345 g/mol. The summed E-state index contributed by atoms with van der Waals surface area (Å²) in [5.41, 5.74) is -0.640. The van der Waals surface area contributed by atoms with Gasteiger partial charge in [0.15, 0.2) is 0 Å². The van der Waals surface area contributed by atoms with Gasteiger partial charge < -0.3 is 5.32 Å². The molecule has 0 radical (unpaired) electrons. The minimum Gasteiger partial charge on any atom is -0.350 e. The van der Waals surface area contributed by atoms with E-state index in [0.29, 0.717) is 17.4 Å². The van der Waals surface area contributed by atoms with Crippen LogP contribution in [0.2, 0.25) is 0 Å². The van der Waals surface area contributed by atoms with Crippen LogP contribution in [-0.2, 0) is 17.9 Å². The lowest BCUT2D eigenvalue weighted by atomic mass is 10.1. The van der Waals surface area contributed by atoms with Gasteiger partial charge in [-0.1, -0.05) is 31.9 Å². The summed E-state index contributed by atoms with van der Waals surface area (Å²) in [6.07, 6.45) is 2.90. The van der Waals surface area contributed by atoms with Gasteiger partial charge in [-0.05, 0) is 39.3 Å². The second-order valence-electron chi connectivity index (χ2n) is 7.35. The van der Waals surface area contributed by atoms with E-state index in [0.717, 1.165) is 23.8 Å². The Morgan fingerprint density at radius 1 is 1.08 bits per heavy atom. The lowest BCUT2D eigenvalue weighted by Gasteiger charge is -2.21. The topological polar surface area (TPSA) is 73.1 Å². The summed E-state index contributed by atoms with van der Waals surface area (Å²) < 4.78 is 2.64. The molecule has 0 unspecified atom stereocenters. The molecule has 136 valence electrons. The molecule has 1 amide bonds. The summed E-state index contributed by atoms with van der Waals surface area (Å²) in [7, 11) is 0. The molecule has 1 aromatic heterocycles. The molecule has 2 rings (SSSR count). The van der Waals surface area contributed by atoms with Crippen LogP contribution >= 0.6 is 0 Å². The minimum absolute atomic E-state index is 0.270. The SMILES string of the molecule is CCCCCn1c(=O)n(CC(=O)NC(C)(C)C)c(=O)c2ccccc21. The van der Waals surface area contributed by atoms with E-state index in [1.54, 1.807) is 22.8 Å². The Labute approximate surface area is 147 Å². The van der Waals surface area contributed by atoms with Crippen molar-refractivity contribution in [1.82, 2.24) is 14.5 Å². The number of nitrogens with zero attached hydrogens (tertiary/aromatic N) is 2. The lowest BCUT2D eigenvalue weighted by molar-refractivity contribution is -0.123. The zero-order valence-corrected chi connectivity index (χ0v) is 15.5. The zero-order valence-electron chi connectivity index (χ0n) is 15.5. The Bertz CT molecular complexity index is 872. The van der Waals surface area contributed by atoms with Gasteiger partial charge in [-0.15, -0.1) is 0 Å². The van der Waals surface area contributed by atoms with Crippen LogP contribution < -0.4 is 16.6 Å². The molecule has 2 aromatic rings. The van der Waals surface area contributed by atoms with Crippen LogP contribution in [0.15, 0.2) is 33.9 Å². The predicted octanol–water partition coefficient (Wildman–Crippen LogP) is 2.27. The number of unbranched alkanes of at least 4 members (excludes halogenated alkanes) is 2. The lowest BCUT2D eigenvalue weighted by Crippen LogP contribution is -2.47. The van der Waals surface area contributed by atoms with E-state index in [9.17, 15) is 14.4 Å². The monoisotopic (exact) mass is 345 g/mol. The third-order valence-corrected chi connectivity index (χ3v) is 3.93. The van der Waals surface area contributed by atoms with Gasteiger partial charge >= 0.3 is 5.69 Å². The molecule has 0 spiro atoms. The molecule has 6 nitrogen and oxygen atoms in total. The number of benzene rings is 1. The number of aromatic nitrogens is 2. The second-order valence-corrected chi connectivity index (χ2v) is 7.35. The van der Waals surface area contributed by atoms with Crippen molar-refractivity contribution in [2.24, 2.45) is 0 Å². The van der Waals surface area contributed by atoms with Gasteiger partial charge in [0.25, 0.3) is 5.56 Å². The van der Waals surface area contributed by atoms with Gasteiger partial charge in [0.2, 0.25) is 5.91 Å². The minimum atomic E-state index is -0.427. The zero-order chi connectivity index (χ0) is 18.6. The molecular weight excluding hydrogens is 318 g/mol. The van der Waals surface area contributed by atoms with Crippen molar-refractivity contribution in [2.45, 2.75) is 65.6 Å². The van der Waals surface area contributed by atoms with Crippen molar-refractivity contribution in [2.75, 3.05) is 0 Å². The van der Waals surface area contributed by atoms with Crippen molar-refractivity contribution in [3.05, 3.63) is 45.1 Å². The van der Waals surface area contributed by atoms with Gasteiger partial charge in [0, 0.05) is 12.1 Å². The first-order valence-corrected chi connectivity index (χ1v) is 8.78. The fourth-order valence-electron chi connectivity index (χ4n) is 2.85. The van der Waals surface area contributed by atoms with E-state index >= 15 is 0 Å². The summed E-state index contributed by atoms with van der Waals surface area (Å²) in [6.45, 7) is 7.94. The molecule has 1 N–H and O–H groups in total. The predicted molar refractivity (Wildman–Crippen MR) is 99.9 cm³/mol. The summed E-state index contributed by atoms with van der Waals surface area (Å²) in [6, 6.07) is 7.06. The molecule has 0 aliphatic heterocycles. The molecule has 25 heavy (non-hydrogen) atoms. The van der Waals surface area contributed by atoms with Crippen LogP contribution in [-0.4, -0.2) is 20.6 Å². The van der Waals surface area contributed by atoms with Gasteiger partial charge in [-0.25, -0.2) is 4.79 Å². The van der Waals surface area contributed by atoms with Crippen LogP contribution in [0.1, 0.15) is 47.0 Å². The first-order chi connectivity index (χ1) is 11.7. The Morgan fingerprint density at radius 2 is 1.76 bits per heavy atom. The summed E-state index contributed by atoms with van der Waals surface area (Å²) >= 11 is 0. The normalized spacial score (nSPS) is 11.7. The smallest absolute Gasteiger partial charge is 0.331 e. The molecule has 1 heterocycles. The van der Waals surface area contributed by atoms with Crippen molar-refractivity contribution >= 4 is 16.8 Å². The Morgan fingerprint density at radius 3 is 2.40 bits per heavy atom. The second kappa shape index (κ2) is 7.68. The van der Waals surface area contributed by atoms with Gasteiger partial charge in [0.1, 0.15) is 6.54 Å². The molecule has 6 heteroatoms. The number of aryl methyl sites for hydroxylation is 1. The van der Waals surface area contributed by atoms with Crippen LogP contribution in [0.25, 0.3) is 10.9 Å². The fourth-order valence-corrected chi connectivity index (χ4v) is 2.85. The Kier molecular flexibility index (Phi) is 5.82. The van der Waals surface area contributed by atoms with E-state index < -0.39 is 16.8 Å². The maximum Gasteiger partial charge on any atom is 0.331 e. The molecule has 0 aliphatic carbocycles. The maximum absolute atomic E-state index is 12.8. The highest BCUT2D eigenvalue weighted by Crippen LogP contribution is 2.09. The maximum atomic E-state index is 12.8. The van der Waals surface area contributed by atoms with E-state index in [2.05, 4.69) is 12.2 Å².